The van der Waals surface area contributed by atoms with Gasteiger partial charge in [-0.25, -0.2) is 4.79 Å². The predicted molar refractivity (Wildman–Crippen MR) is 79.4 cm³/mol. The summed E-state index contributed by atoms with van der Waals surface area (Å²) < 4.78 is 9.58. The SMILES string of the molecule is CCCCCCCCCCCCOC(=O)OCCC#N. The zero-order valence-electron chi connectivity index (χ0n) is 12.9. The molecule has 0 aliphatic carbocycles. The van der Waals surface area contributed by atoms with Crippen LogP contribution in [-0.2, 0) is 9.47 Å². The van der Waals surface area contributed by atoms with Gasteiger partial charge in [0.1, 0.15) is 6.61 Å². The van der Waals surface area contributed by atoms with E-state index in [1.807, 2.05) is 6.07 Å². The number of carbonyl (C=O) groups excluding carboxylic acids is 1. The summed E-state index contributed by atoms with van der Waals surface area (Å²) in [5.41, 5.74) is 0. The van der Waals surface area contributed by atoms with E-state index in [2.05, 4.69) is 6.92 Å². The third-order valence-electron chi connectivity index (χ3n) is 3.15. The average molecular weight is 283 g/mol. The van der Waals surface area contributed by atoms with Crippen LogP contribution in [0.15, 0.2) is 0 Å². The molecule has 0 saturated carbocycles. The maximum Gasteiger partial charge on any atom is 0.508 e. The zero-order chi connectivity index (χ0) is 14.9. The van der Waals surface area contributed by atoms with Gasteiger partial charge in [0.05, 0.1) is 19.1 Å². The Kier molecular flexibility index (Phi) is 14.8. The van der Waals surface area contributed by atoms with E-state index < -0.39 is 6.16 Å². The monoisotopic (exact) mass is 283 g/mol. The van der Waals surface area contributed by atoms with Crippen LogP contribution in [-0.4, -0.2) is 19.4 Å². The van der Waals surface area contributed by atoms with Gasteiger partial charge in [0.2, 0.25) is 0 Å². The van der Waals surface area contributed by atoms with Crippen molar-refractivity contribution < 1.29 is 14.3 Å². The number of nitriles is 1. The van der Waals surface area contributed by atoms with Crippen molar-refractivity contribution in [1.82, 2.24) is 0 Å². The Bertz CT molecular complexity index is 261. The molecule has 0 N–H and O–H groups in total. The van der Waals surface area contributed by atoms with Crippen molar-refractivity contribution in [2.45, 2.75) is 77.6 Å². The van der Waals surface area contributed by atoms with Gasteiger partial charge in [-0.15, -0.1) is 0 Å². The van der Waals surface area contributed by atoms with E-state index in [-0.39, 0.29) is 13.0 Å². The molecule has 0 atom stereocenters. The van der Waals surface area contributed by atoms with E-state index in [1.165, 1.54) is 51.4 Å². The molecule has 4 heteroatoms. The normalized spacial score (nSPS) is 10.0. The summed E-state index contributed by atoms with van der Waals surface area (Å²) >= 11 is 0. The summed E-state index contributed by atoms with van der Waals surface area (Å²) in [5, 5.41) is 8.27. The first-order valence-corrected chi connectivity index (χ1v) is 7.97. The second kappa shape index (κ2) is 15.8. The molecule has 0 unspecified atom stereocenters. The van der Waals surface area contributed by atoms with Crippen molar-refractivity contribution in [2.24, 2.45) is 0 Å². The fraction of sp³-hybridized carbons (Fsp3) is 0.875. The quantitative estimate of drug-likeness (QED) is 0.353. The molecule has 0 aromatic heterocycles. The van der Waals surface area contributed by atoms with Crippen LogP contribution in [0.3, 0.4) is 0 Å². The molecule has 0 fully saturated rings. The summed E-state index contributed by atoms with van der Waals surface area (Å²) in [6, 6.07) is 1.90. The lowest BCUT2D eigenvalue weighted by molar-refractivity contribution is 0.0556. The molecule has 0 bridgehead atoms. The van der Waals surface area contributed by atoms with Crippen LogP contribution >= 0.6 is 0 Å². The molecule has 0 aliphatic rings. The Morgan fingerprint density at radius 2 is 1.35 bits per heavy atom. The Morgan fingerprint density at radius 1 is 0.850 bits per heavy atom. The maximum atomic E-state index is 11.0. The van der Waals surface area contributed by atoms with Crippen LogP contribution in [0.2, 0.25) is 0 Å². The minimum atomic E-state index is -0.656. The second-order valence-corrected chi connectivity index (χ2v) is 5.04. The van der Waals surface area contributed by atoms with Gasteiger partial charge in [0.15, 0.2) is 0 Å². The number of nitrogens with zero attached hydrogens (tertiary/aromatic N) is 1. The zero-order valence-corrected chi connectivity index (χ0v) is 12.9. The van der Waals surface area contributed by atoms with E-state index in [4.69, 9.17) is 14.7 Å². The third-order valence-corrected chi connectivity index (χ3v) is 3.15. The van der Waals surface area contributed by atoms with Gasteiger partial charge in [-0.3, -0.25) is 0 Å². The average Bonchev–Trinajstić information content (AvgIpc) is 2.45. The fourth-order valence-electron chi connectivity index (χ4n) is 1.97. The lowest BCUT2D eigenvalue weighted by atomic mass is 10.1. The highest BCUT2D eigenvalue weighted by Crippen LogP contribution is 2.10. The number of unbranched alkanes of at least 4 members (excludes halogenated alkanes) is 9. The molecule has 0 spiro atoms. The van der Waals surface area contributed by atoms with E-state index in [0.29, 0.717) is 6.61 Å². The Hall–Kier alpha value is -1.24. The van der Waals surface area contributed by atoms with Crippen molar-refractivity contribution in [3.63, 3.8) is 0 Å². The Balaban J connectivity index is 3.09. The van der Waals surface area contributed by atoms with E-state index in [0.717, 1.165) is 12.8 Å². The topological polar surface area (TPSA) is 59.3 Å². The first-order chi connectivity index (χ1) is 9.81. The smallest absolute Gasteiger partial charge is 0.434 e. The number of hydrogen-bond donors (Lipinski definition) is 0. The molecule has 20 heavy (non-hydrogen) atoms. The fourth-order valence-corrected chi connectivity index (χ4v) is 1.97. The number of hydrogen-bond acceptors (Lipinski definition) is 4. The maximum absolute atomic E-state index is 11.0. The van der Waals surface area contributed by atoms with Gasteiger partial charge in [-0.05, 0) is 6.42 Å². The summed E-state index contributed by atoms with van der Waals surface area (Å²) in [4.78, 5) is 11.0. The molecule has 0 aliphatic heterocycles. The largest absolute Gasteiger partial charge is 0.508 e. The van der Waals surface area contributed by atoms with Gasteiger partial charge in [0, 0.05) is 0 Å². The standard InChI is InChI=1S/C16H29NO3/c1-2-3-4-5-6-7-8-9-10-11-14-19-16(18)20-15-12-13-17/h2-12,14-15H2,1H3. The molecule has 0 heterocycles. The molecule has 4 nitrogen and oxygen atoms in total. The van der Waals surface area contributed by atoms with Crippen LogP contribution in [0.4, 0.5) is 4.79 Å². The van der Waals surface area contributed by atoms with Gasteiger partial charge >= 0.3 is 6.16 Å². The molecule has 0 aromatic carbocycles. The lowest BCUT2D eigenvalue weighted by Gasteiger charge is -2.05. The summed E-state index contributed by atoms with van der Waals surface area (Å²) in [5.74, 6) is 0. The number of rotatable bonds is 13. The van der Waals surface area contributed by atoms with Crippen molar-refractivity contribution in [2.75, 3.05) is 13.2 Å². The lowest BCUT2D eigenvalue weighted by Crippen LogP contribution is -2.09. The van der Waals surface area contributed by atoms with Crippen molar-refractivity contribution >= 4 is 6.16 Å². The van der Waals surface area contributed by atoms with Crippen LogP contribution in [0, 0.1) is 11.3 Å². The molecule has 0 rings (SSSR count). The molecule has 0 radical (unpaired) electrons. The van der Waals surface area contributed by atoms with Crippen LogP contribution < -0.4 is 0 Å². The molecule has 0 amide bonds. The minimum absolute atomic E-state index is 0.118. The highest BCUT2D eigenvalue weighted by atomic mass is 16.7. The molecule has 0 saturated heterocycles. The van der Waals surface area contributed by atoms with E-state index in [1.54, 1.807) is 0 Å². The third kappa shape index (κ3) is 14.8. The van der Waals surface area contributed by atoms with Crippen molar-refractivity contribution in [1.29, 1.82) is 5.26 Å². The van der Waals surface area contributed by atoms with Gasteiger partial charge in [0.25, 0.3) is 0 Å². The highest BCUT2D eigenvalue weighted by Gasteiger charge is 2.02. The van der Waals surface area contributed by atoms with Crippen LogP contribution in [0.25, 0.3) is 0 Å². The summed E-state index contributed by atoms with van der Waals surface area (Å²) in [6.07, 6.45) is 12.1. The highest BCUT2D eigenvalue weighted by molar-refractivity contribution is 5.59. The summed E-state index contributed by atoms with van der Waals surface area (Å²) in [7, 11) is 0. The van der Waals surface area contributed by atoms with E-state index >= 15 is 0 Å². The predicted octanol–water partition coefficient (Wildman–Crippen LogP) is 4.97. The molecular weight excluding hydrogens is 254 g/mol. The van der Waals surface area contributed by atoms with Gasteiger partial charge in [-0.1, -0.05) is 64.7 Å². The minimum Gasteiger partial charge on any atom is -0.434 e. The van der Waals surface area contributed by atoms with Crippen molar-refractivity contribution in [3.05, 3.63) is 0 Å². The van der Waals surface area contributed by atoms with Gasteiger partial charge < -0.3 is 9.47 Å². The Labute approximate surface area is 123 Å². The van der Waals surface area contributed by atoms with E-state index in [9.17, 15) is 4.79 Å². The van der Waals surface area contributed by atoms with Crippen LogP contribution in [0.1, 0.15) is 77.6 Å². The number of ether oxygens (including phenoxy) is 2. The Morgan fingerprint density at radius 3 is 1.90 bits per heavy atom. The molecule has 116 valence electrons. The van der Waals surface area contributed by atoms with Gasteiger partial charge in [-0.2, -0.15) is 5.26 Å². The number of carbonyl (C=O) groups is 1. The molecular formula is C16H29NO3. The first-order valence-electron chi connectivity index (χ1n) is 7.97. The first kappa shape index (κ1) is 18.8. The second-order valence-electron chi connectivity index (χ2n) is 5.04. The summed E-state index contributed by atoms with van der Waals surface area (Å²) in [6.45, 7) is 2.77. The van der Waals surface area contributed by atoms with Crippen molar-refractivity contribution in [3.8, 4) is 6.07 Å². The molecule has 0 aromatic rings. The van der Waals surface area contributed by atoms with Crippen LogP contribution in [0.5, 0.6) is 0 Å².